The van der Waals surface area contributed by atoms with Crippen molar-refractivity contribution in [3.05, 3.63) is 86.2 Å². The molecule has 0 radical (unpaired) electrons. The summed E-state index contributed by atoms with van der Waals surface area (Å²) < 4.78 is 6.41. The number of aromatic nitrogens is 1. The first kappa shape index (κ1) is 17.9. The Morgan fingerprint density at radius 2 is 1.69 bits per heavy atom. The van der Waals surface area contributed by atoms with Crippen LogP contribution in [0.1, 0.15) is 20.7 Å². The zero-order chi connectivity index (χ0) is 20.7. The molecule has 0 spiro atoms. The number of imide groups is 1. The van der Waals surface area contributed by atoms with Crippen molar-refractivity contribution in [3.63, 3.8) is 0 Å². The molecule has 0 saturated heterocycles. The van der Waals surface area contributed by atoms with Gasteiger partial charge in [0.2, 0.25) is 0 Å². The summed E-state index contributed by atoms with van der Waals surface area (Å²) in [5, 5.41) is 13.7. The Balaban J connectivity index is 1.87. The fourth-order valence-corrected chi connectivity index (χ4v) is 3.05. The number of nitro benzene ring substituents is 1. The van der Waals surface area contributed by atoms with Crippen LogP contribution in [-0.4, -0.2) is 21.3 Å². The Kier molecular flexibility index (Phi) is 4.08. The van der Waals surface area contributed by atoms with Gasteiger partial charge in [-0.1, -0.05) is 18.2 Å². The van der Waals surface area contributed by atoms with Gasteiger partial charge in [-0.15, -0.1) is 0 Å². The van der Waals surface area contributed by atoms with E-state index >= 15 is 0 Å². The number of nitro groups is 1. The second kappa shape index (κ2) is 6.60. The van der Waals surface area contributed by atoms with Crippen molar-refractivity contribution in [3.8, 4) is 17.2 Å². The quantitative estimate of drug-likeness (QED) is 0.392. The lowest BCUT2D eigenvalue weighted by Gasteiger charge is -2.13. The van der Waals surface area contributed by atoms with Gasteiger partial charge in [-0.25, -0.2) is 0 Å². The molecule has 0 atom stereocenters. The molecule has 0 bridgehead atoms. The molecule has 10 nitrogen and oxygen atoms in total. The van der Waals surface area contributed by atoms with Crippen molar-refractivity contribution in [2.45, 2.75) is 0 Å². The first-order valence-corrected chi connectivity index (χ1v) is 8.29. The summed E-state index contributed by atoms with van der Waals surface area (Å²) in [4.78, 5) is 47.2. The largest absolute Gasteiger partial charge is 0.457 e. The van der Waals surface area contributed by atoms with Crippen LogP contribution in [0.5, 0.6) is 11.5 Å². The Hall–Kier alpha value is -4.47. The van der Waals surface area contributed by atoms with Crippen LogP contribution < -0.4 is 21.3 Å². The van der Waals surface area contributed by atoms with Gasteiger partial charge in [0, 0.05) is 6.07 Å². The fourth-order valence-electron chi connectivity index (χ4n) is 3.05. The highest BCUT2D eigenvalue weighted by atomic mass is 16.6. The molecule has 2 aromatic carbocycles. The van der Waals surface area contributed by atoms with Crippen molar-refractivity contribution in [2.24, 2.45) is 0 Å². The van der Waals surface area contributed by atoms with Crippen LogP contribution in [0.4, 0.5) is 11.5 Å². The van der Waals surface area contributed by atoms with Gasteiger partial charge in [-0.05, 0) is 24.3 Å². The Labute approximate surface area is 162 Å². The van der Waals surface area contributed by atoms with Gasteiger partial charge in [-0.3, -0.25) is 34.4 Å². The van der Waals surface area contributed by atoms with Crippen LogP contribution in [0.25, 0.3) is 5.69 Å². The summed E-state index contributed by atoms with van der Waals surface area (Å²) in [6.45, 7) is 0. The number of ether oxygens (including phenoxy) is 1. The maximum absolute atomic E-state index is 12.5. The van der Waals surface area contributed by atoms with E-state index in [4.69, 9.17) is 10.5 Å². The summed E-state index contributed by atoms with van der Waals surface area (Å²) in [6, 6.07) is 13.4. The number of amides is 2. The second-order valence-electron chi connectivity index (χ2n) is 6.10. The molecule has 2 amide bonds. The molecule has 0 saturated carbocycles. The number of nitrogens with two attached hydrogens (primary N) is 1. The highest BCUT2D eigenvalue weighted by Crippen LogP contribution is 2.32. The number of rotatable bonds is 4. The minimum absolute atomic E-state index is 0.159. The molecule has 0 aliphatic carbocycles. The van der Waals surface area contributed by atoms with Gasteiger partial charge in [0.1, 0.15) is 23.0 Å². The van der Waals surface area contributed by atoms with Gasteiger partial charge in [0.05, 0.1) is 22.1 Å². The van der Waals surface area contributed by atoms with Gasteiger partial charge >= 0.3 is 0 Å². The van der Waals surface area contributed by atoms with Crippen molar-refractivity contribution in [1.29, 1.82) is 0 Å². The predicted octanol–water partition coefficient (Wildman–Crippen LogP) is 2.00. The third kappa shape index (κ3) is 2.98. The number of pyridine rings is 1. The molecule has 4 rings (SSSR count). The molecule has 3 N–H and O–H groups in total. The molecular weight excluding hydrogens is 380 g/mol. The molecular formula is C19H12N4O6. The number of nitrogens with zero attached hydrogens (tertiary/aromatic N) is 2. The van der Waals surface area contributed by atoms with Crippen molar-refractivity contribution >= 4 is 23.3 Å². The maximum atomic E-state index is 12.5. The lowest BCUT2D eigenvalue weighted by Crippen LogP contribution is -2.24. The number of fused-ring (bicyclic) bond motifs is 1. The fraction of sp³-hybridized carbons (Fsp3) is 0. The minimum atomic E-state index is -0.786. The number of hydrogen-bond acceptors (Lipinski definition) is 7. The summed E-state index contributed by atoms with van der Waals surface area (Å²) in [5.41, 5.74) is 4.17. The number of hydrogen-bond donors (Lipinski definition) is 2. The van der Waals surface area contributed by atoms with Gasteiger partial charge in [0.25, 0.3) is 23.1 Å². The third-order valence-electron chi connectivity index (χ3n) is 4.32. The Morgan fingerprint density at radius 1 is 0.966 bits per heavy atom. The molecule has 1 aromatic heterocycles. The van der Waals surface area contributed by atoms with E-state index in [-0.39, 0.29) is 28.4 Å². The van der Waals surface area contributed by atoms with Crippen LogP contribution in [0, 0.1) is 10.1 Å². The summed E-state index contributed by atoms with van der Waals surface area (Å²) in [5.74, 6) is -1.24. The number of para-hydroxylation sites is 1. The van der Waals surface area contributed by atoms with E-state index in [0.29, 0.717) is 5.75 Å². The highest BCUT2D eigenvalue weighted by Gasteiger charge is 2.33. The summed E-state index contributed by atoms with van der Waals surface area (Å²) >= 11 is 0. The van der Waals surface area contributed by atoms with Crippen molar-refractivity contribution in [2.75, 3.05) is 5.73 Å². The predicted molar refractivity (Wildman–Crippen MR) is 101 cm³/mol. The molecule has 2 heterocycles. The van der Waals surface area contributed by atoms with E-state index in [2.05, 4.69) is 0 Å². The molecule has 1 aliphatic heterocycles. The lowest BCUT2D eigenvalue weighted by atomic mass is 10.1. The number of carbonyl (C=O) groups is 2. The van der Waals surface area contributed by atoms with Crippen LogP contribution in [0.15, 0.2) is 59.4 Å². The lowest BCUT2D eigenvalue weighted by molar-refractivity contribution is -0.384. The zero-order valence-corrected chi connectivity index (χ0v) is 14.6. The minimum Gasteiger partial charge on any atom is -0.457 e. The monoisotopic (exact) mass is 392 g/mol. The number of carbonyl (C=O) groups excluding carboxylic acids is 2. The molecule has 3 aromatic rings. The van der Waals surface area contributed by atoms with E-state index in [1.165, 1.54) is 12.1 Å². The van der Waals surface area contributed by atoms with Crippen LogP contribution >= 0.6 is 0 Å². The average Bonchev–Trinajstić information content (AvgIpc) is 2.97. The maximum Gasteiger partial charge on any atom is 0.297 e. The number of anilines is 1. The van der Waals surface area contributed by atoms with Gasteiger partial charge in [-0.2, -0.15) is 0 Å². The van der Waals surface area contributed by atoms with Crippen LogP contribution in [-0.2, 0) is 0 Å². The second-order valence-corrected chi connectivity index (χ2v) is 6.10. The SMILES string of the molecule is Nc1c2c(cc(=O)n1-c1ccc(Oc3ccccc3)cc1[N+](=O)[O-])C(=O)NC2=O. The van der Waals surface area contributed by atoms with Gasteiger partial charge < -0.3 is 10.5 Å². The molecule has 1 aliphatic rings. The Bertz CT molecular complexity index is 1250. The van der Waals surface area contributed by atoms with Gasteiger partial charge in [0.15, 0.2) is 0 Å². The van der Waals surface area contributed by atoms with Crippen molar-refractivity contribution < 1.29 is 19.2 Å². The molecule has 0 fully saturated rings. The van der Waals surface area contributed by atoms with Crippen LogP contribution in [0.2, 0.25) is 0 Å². The van der Waals surface area contributed by atoms with E-state index in [9.17, 15) is 24.5 Å². The number of benzene rings is 2. The van der Waals surface area contributed by atoms with Crippen molar-refractivity contribution in [1.82, 2.24) is 9.88 Å². The van der Waals surface area contributed by atoms with E-state index < -0.39 is 28.0 Å². The number of nitrogens with one attached hydrogen (secondary N) is 1. The highest BCUT2D eigenvalue weighted by molar-refractivity contribution is 6.23. The topological polar surface area (TPSA) is 147 Å². The number of nitrogen functional groups attached to an aromatic ring is 1. The Morgan fingerprint density at radius 3 is 2.38 bits per heavy atom. The van der Waals surface area contributed by atoms with Crippen LogP contribution in [0.3, 0.4) is 0 Å². The normalized spacial score (nSPS) is 12.4. The summed E-state index contributed by atoms with van der Waals surface area (Å²) in [7, 11) is 0. The molecule has 29 heavy (non-hydrogen) atoms. The first-order chi connectivity index (χ1) is 13.9. The molecule has 0 unspecified atom stereocenters. The summed E-state index contributed by atoms with van der Waals surface area (Å²) in [6.07, 6.45) is 0. The van der Waals surface area contributed by atoms with E-state index in [1.807, 2.05) is 5.32 Å². The smallest absolute Gasteiger partial charge is 0.297 e. The molecule has 10 heteroatoms. The first-order valence-electron chi connectivity index (χ1n) is 8.29. The van der Waals surface area contributed by atoms with E-state index in [1.54, 1.807) is 30.3 Å². The van der Waals surface area contributed by atoms with E-state index in [0.717, 1.165) is 16.7 Å². The zero-order valence-electron chi connectivity index (χ0n) is 14.6. The molecule has 144 valence electrons. The third-order valence-corrected chi connectivity index (χ3v) is 4.32. The average molecular weight is 392 g/mol. The standard InChI is InChI=1S/C19H12N4O6/c20-17-16-12(18(25)21-19(16)26)9-15(24)22(17)13-7-6-11(8-14(13)23(27)28)29-10-4-2-1-3-5-10/h1-9H,20H2,(H,21,25,26).